The molecular weight excluding hydrogens is 392 g/mol. The summed E-state index contributed by atoms with van der Waals surface area (Å²) in [5.74, 6) is 0.449. The first-order valence-electron chi connectivity index (χ1n) is 9.65. The highest BCUT2D eigenvalue weighted by atomic mass is 35.5. The molecule has 6 nitrogen and oxygen atoms in total. The Morgan fingerprint density at radius 2 is 2.07 bits per heavy atom. The smallest absolute Gasteiger partial charge is 0.251 e. The minimum Gasteiger partial charge on any atom is -0.491 e. The maximum absolute atomic E-state index is 13.0. The molecule has 7 heteroatoms. The first-order chi connectivity index (χ1) is 14.1. The third kappa shape index (κ3) is 6.18. The minimum absolute atomic E-state index is 0.153. The van der Waals surface area contributed by atoms with Crippen LogP contribution in [0.15, 0.2) is 48.5 Å². The lowest BCUT2D eigenvalue weighted by molar-refractivity contribution is -0.0380. The maximum atomic E-state index is 13.0. The Bertz CT molecular complexity index is 800. The highest BCUT2D eigenvalue weighted by molar-refractivity contribution is 6.30. The van der Waals surface area contributed by atoms with E-state index in [4.69, 9.17) is 25.8 Å². The molecule has 1 fully saturated rings. The number of rotatable bonds is 8. The molecule has 0 aromatic heterocycles. The third-order valence-corrected chi connectivity index (χ3v) is 5.09. The second kappa shape index (κ2) is 10.6. The zero-order valence-corrected chi connectivity index (χ0v) is 17.5. The summed E-state index contributed by atoms with van der Waals surface area (Å²) in [6.45, 7) is 3.15. The van der Waals surface area contributed by atoms with Crippen molar-refractivity contribution in [1.29, 1.82) is 0 Å². The Kier molecular flexibility index (Phi) is 7.89. The van der Waals surface area contributed by atoms with Crippen LogP contribution in [0.1, 0.15) is 22.0 Å². The molecule has 2 atom stereocenters. The fourth-order valence-electron chi connectivity index (χ4n) is 3.27. The van der Waals surface area contributed by atoms with Crippen LogP contribution in [0.25, 0.3) is 0 Å². The number of hydrogen-bond acceptors (Lipinski definition) is 5. The predicted octanol–water partition coefficient (Wildman–Crippen LogP) is 3.17. The van der Waals surface area contributed by atoms with E-state index in [9.17, 15) is 4.79 Å². The van der Waals surface area contributed by atoms with Gasteiger partial charge < -0.3 is 24.4 Å². The van der Waals surface area contributed by atoms with Gasteiger partial charge in [-0.1, -0.05) is 29.8 Å². The van der Waals surface area contributed by atoms with Crippen molar-refractivity contribution in [3.8, 4) is 5.75 Å². The Labute approximate surface area is 176 Å². The standard InChI is InChI=1S/C22H27ClN2O4/c1-25-10-11-29-20(15-25)21(16-6-8-18(23)9-7-16)24-22(26)17-4-3-5-19(14-17)28-13-12-27-2/h3-9,14,20-21H,10-13,15H2,1-2H3,(H,24,26)/t20-,21-/m1/s1. The molecule has 0 saturated carbocycles. The molecular formula is C22H27ClN2O4. The van der Waals surface area contributed by atoms with Crippen molar-refractivity contribution in [3.05, 3.63) is 64.7 Å². The number of likely N-dealkylation sites (N-methyl/N-ethyl adjacent to an activating group) is 1. The number of morpholine rings is 1. The number of amides is 1. The van der Waals surface area contributed by atoms with Crippen molar-refractivity contribution >= 4 is 17.5 Å². The molecule has 0 bridgehead atoms. The van der Waals surface area contributed by atoms with Crippen molar-refractivity contribution < 1.29 is 19.0 Å². The number of halogens is 1. The Hall–Kier alpha value is -2.12. The van der Waals surface area contributed by atoms with Gasteiger partial charge >= 0.3 is 0 Å². The van der Waals surface area contributed by atoms with Gasteiger partial charge in [-0.05, 0) is 42.9 Å². The van der Waals surface area contributed by atoms with Crippen LogP contribution in [0.5, 0.6) is 5.75 Å². The van der Waals surface area contributed by atoms with E-state index in [1.54, 1.807) is 25.3 Å². The normalized spacial score (nSPS) is 18.2. The van der Waals surface area contributed by atoms with Crippen molar-refractivity contribution in [2.24, 2.45) is 0 Å². The Morgan fingerprint density at radius 1 is 1.28 bits per heavy atom. The third-order valence-electron chi connectivity index (χ3n) is 4.84. The Morgan fingerprint density at radius 3 is 2.79 bits per heavy atom. The van der Waals surface area contributed by atoms with E-state index in [1.165, 1.54) is 0 Å². The van der Waals surface area contributed by atoms with Crippen molar-refractivity contribution in [1.82, 2.24) is 10.2 Å². The van der Waals surface area contributed by atoms with Gasteiger partial charge in [-0.3, -0.25) is 4.79 Å². The van der Waals surface area contributed by atoms with Gasteiger partial charge in [0.15, 0.2) is 0 Å². The molecule has 29 heavy (non-hydrogen) atoms. The van der Waals surface area contributed by atoms with E-state index in [0.717, 1.165) is 18.7 Å². The van der Waals surface area contributed by atoms with Crippen LogP contribution in [0.2, 0.25) is 5.02 Å². The largest absolute Gasteiger partial charge is 0.491 e. The van der Waals surface area contributed by atoms with E-state index in [2.05, 4.69) is 17.3 Å². The minimum atomic E-state index is -0.291. The first-order valence-corrected chi connectivity index (χ1v) is 10.0. The molecule has 2 aromatic carbocycles. The van der Waals surface area contributed by atoms with E-state index < -0.39 is 0 Å². The lowest BCUT2D eigenvalue weighted by Gasteiger charge is -2.35. The van der Waals surface area contributed by atoms with Gasteiger partial charge in [-0.25, -0.2) is 0 Å². The van der Waals surface area contributed by atoms with Crippen molar-refractivity contribution in [2.75, 3.05) is 47.1 Å². The van der Waals surface area contributed by atoms with E-state index in [1.807, 2.05) is 30.3 Å². The average Bonchev–Trinajstić information content (AvgIpc) is 2.73. The fraction of sp³-hybridized carbons (Fsp3) is 0.409. The number of nitrogens with one attached hydrogen (secondary N) is 1. The van der Waals surface area contributed by atoms with Gasteiger partial charge in [-0.15, -0.1) is 0 Å². The van der Waals surface area contributed by atoms with Crippen LogP contribution < -0.4 is 10.1 Å². The Balaban J connectivity index is 1.77. The summed E-state index contributed by atoms with van der Waals surface area (Å²) in [6.07, 6.45) is -0.153. The summed E-state index contributed by atoms with van der Waals surface area (Å²) < 4.78 is 16.6. The molecule has 2 aromatic rings. The SMILES string of the molecule is COCCOc1cccc(C(=O)N[C@H](c2ccc(Cl)cc2)[C@H]2CN(C)CCO2)c1. The molecule has 0 spiro atoms. The number of nitrogens with zero attached hydrogens (tertiary/aromatic N) is 1. The summed E-state index contributed by atoms with van der Waals surface area (Å²) in [4.78, 5) is 15.2. The second-order valence-electron chi connectivity index (χ2n) is 7.04. The number of benzene rings is 2. The highest BCUT2D eigenvalue weighted by Gasteiger charge is 2.29. The van der Waals surface area contributed by atoms with Crippen molar-refractivity contribution in [2.45, 2.75) is 12.1 Å². The number of ether oxygens (including phenoxy) is 3. The van der Waals surface area contributed by atoms with E-state index in [0.29, 0.717) is 36.2 Å². The fourth-order valence-corrected chi connectivity index (χ4v) is 3.39. The topological polar surface area (TPSA) is 60.0 Å². The van der Waals surface area contributed by atoms with Gasteiger partial charge in [0.2, 0.25) is 0 Å². The van der Waals surface area contributed by atoms with Gasteiger partial charge in [-0.2, -0.15) is 0 Å². The van der Waals surface area contributed by atoms with Crippen LogP contribution in [0.3, 0.4) is 0 Å². The molecule has 1 saturated heterocycles. The summed E-state index contributed by atoms with van der Waals surface area (Å²) in [5, 5.41) is 3.79. The molecule has 0 radical (unpaired) electrons. The van der Waals surface area contributed by atoms with Gasteiger partial charge in [0.1, 0.15) is 12.4 Å². The molecule has 0 aliphatic carbocycles. The summed E-state index contributed by atoms with van der Waals surface area (Å²) in [6, 6.07) is 14.3. The molecule has 3 rings (SSSR count). The zero-order valence-electron chi connectivity index (χ0n) is 16.8. The summed E-state index contributed by atoms with van der Waals surface area (Å²) in [7, 11) is 3.67. The van der Waals surface area contributed by atoms with Crippen LogP contribution in [0.4, 0.5) is 0 Å². The monoisotopic (exact) mass is 418 g/mol. The molecule has 0 unspecified atom stereocenters. The van der Waals surface area contributed by atoms with Crippen LogP contribution in [-0.4, -0.2) is 64.0 Å². The maximum Gasteiger partial charge on any atom is 0.251 e. The summed E-state index contributed by atoms with van der Waals surface area (Å²) in [5.41, 5.74) is 1.48. The number of carbonyl (C=O) groups excluding carboxylic acids is 1. The summed E-state index contributed by atoms with van der Waals surface area (Å²) >= 11 is 6.05. The predicted molar refractivity (Wildman–Crippen MR) is 113 cm³/mol. The quantitative estimate of drug-likeness (QED) is 0.667. The molecule has 1 amide bonds. The molecule has 1 heterocycles. The van der Waals surface area contributed by atoms with Crippen LogP contribution in [-0.2, 0) is 9.47 Å². The number of carbonyl (C=O) groups is 1. The molecule has 1 N–H and O–H groups in total. The molecule has 1 aliphatic heterocycles. The molecule has 1 aliphatic rings. The molecule has 156 valence electrons. The van der Waals surface area contributed by atoms with Crippen molar-refractivity contribution in [3.63, 3.8) is 0 Å². The second-order valence-corrected chi connectivity index (χ2v) is 7.48. The van der Waals surface area contributed by atoms with Crippen LogP contribution >= 0.6 is 11.6 Å². The first kappa shape index (κ1) is 21.6. The van der Waals surface area contributed by atoms with Gasteiger partial charge in [0.05, 0.1) is 25.4 Å². The van der Waals surface area contributed by atoms with Gasteiger partial charge in [0.25, 0.3) is 5.91 Å². The number of methoxy groups -OCH3 is 1. The van der Waals surface area contributed by atoms with E-state index >= 15 is 0 Å². The van der Waals surface area contributed by atoms with Crippen LogP contribution in [0, 0.1) is 0 Å². The lowest BCUT2D eigenvalue weighted by Crippen LogP contribution is -2.48. The highest BCUT2D eigenvalue weighted by Crippen LogP contribution is 2.25. The number of hydrogen-bond donors (Lipinski definition) is 1. The van der Waals surface area contributed by atoms with Gasteiger partial charge in [0, 0.05) is 30.8 Å². The average molecular weight is 419 g/mol. The van der Waals surface area contributed by atoms with E-state index in [-0.39, 0.29) is 18.1 Å². The lowest BCUT2D eigenvalue weighted by atomic mass is 9.99. The zero-order chi connectivity index (χ0) is 20.6.